The minimum Gasteiger partial charge on any atom is -0.496 e. The highest BCUT2D eigenvalue weighted by Gasteiger charge is 2.82. The van der Waals surface area contributed by atoms with Crippen molar-refractivity contribution in [2.45, 2.75) is 107 Å². The van der Waals surface area contributed by atoms with E-state index in [1.807, 2.05) is 49.2 Å². The Hall–Kier alpha value is -5.28. The molecule has 2 aromatic rings. The first-order valence-electron chi connectivity index (χ1n) is 23.1. The molecule has 0 amide bonds. The van der Waals surface area contributed by atoms with Gasteiger partial charge in [0.15, 0.2) is 6.10 Å². The number of benzene rings is 2. The number of carbonyl (C=O) groups excluding carboxylic acids is 5. The number of esters is 5. The van der Waals surface area contributed by atoms with Gasteiger partial charge >= 0.3 is 29.8 Å². The summed E-state index contributed by atoms with van der Waals surface area (Å²) in [6.45, 7) is 11.4. The van der Waals surface area contributed by atoms with E-state index < -0.39 is 69.4 Å². The van der Waals surface area contributed by atoms with Crippen molar-refractivity contribution in [3.05, 3.63) is 65.2 Å². The summed E-state index contributed by atoms with van der Waals surface area (Å²) >= 11 is 0. The van der Waals surface area contributed by atoms with Crippen LogP contribution in [0.25, 0.3) is 0 Å². The molecule has 1 spiro atoms. The van der Waals surface area contributed by atoms with Gasteiger partial charge in [-0.15, -0.1) is 0 Å². The van der Waals surface area contributed by atoms with Crippen LogP contribution in [0.1, 0.15) is 82.9 Å². The molecule has 0 aromatic heterocycles. The van der Waals surface area contributed by atoms with Gasteiger partial charge in [0, 0.05) is 117 Å². The van der Waals surface area contributed by atoms with Crippen molar-refractivity contribution in [2.75, 3.05) is 66.0 Å². The van der Waals surface area contributed by atoms with Crippen LogP contribution < -0.4 is 9.64 Å². The molecule has 10 rings (SSSR count). The van der Waals surface area contributed by atoms with E-state index in [2.05, 4.69) is 34.9 Å². The van der Waals surface area contributed by atoms with Gasteiger partial charge in [-0.2, -0.15) is 0 Å². The number of hydrogen-bond acceptors (Lipinski definition) is 15. The standard InChI is InChI=1S/C50H60N4O11/c1-10-46-17-14-19-54-20-18-48(41(46)54)33-21-34(37(60-7)22-36(33)52(6)42(48)50(45(59)62-9,65-29(5)57)43(46)64-28(4)56)49(44(58)61-8)23-30-24-53-25-32-31-15-12-13-16-35(31)51-39(49)38(32)47(11-2,26-53)40(30)63-27(3)55/h12-17,21-22,30,32,38,40-43H,10-11,18-20,23-26H2,1-9H3/t30?,32?,38-,40?,41-,42+,43+,46+,47?,48+,49-,50-/m0/s1. The summed E-state index contributed by atoms with van der Waals surface area (Å²) in [4.78, 5) is 83.2. The Morgan fingerprint density at radius 2 is 1.60 bits per heavy atom. The number of methoxy groups -OCH3 is 3. The molecule has 3 bridgehead atoms. The van der Waals surface area contributed by atoms with Gasteiger partial charge in [0.2, 0.25) is 0 Å². The zero-order valence-electron chi connectivity index (χ0n) is 38.8. The van der Waals surface area contributed by atoms with Crippen molar-refractivity contribution >= 4 is 46.9 Å². The van der Waals surface area contributed by atoms with Gasteiger partial charge < -0.3 is 38.2 Å². The van der Waals surface area contributed by atoms with Crippen LogP contribution in [0.5, 0.6) is 5.75 Å². The third-order valence-electron chi connectivity index (χ3n) is 17.3. The number of para-hydroxylation sites is 1. The number of fused-ring (bicyclic) bond motifs is 5. The molecular formula is C50H60N4O11. The van der Waals surface area contributed by atoms with E-state index in [1.54, 1.807) is 7.11 Å². The molecule has 5 fully saturated rings. The average Bonchev–Trinajstić information content (AvgIpc) is 3.79. The minimum atomic E-state index is -2.15. The lowest BCUT2D eigenvalue weighted by molar-refractivity contribution is -0.239. The van der Waals surface area contributed by atoms with Crippen LogP contribution in [-0.4, -0.2) is 136 Å². The summed E-state index contributed by atoms with van der Waals surface area (Å²) < 4.78 is 37.4. The molecule has 0 N–H and O–H groups in total. The molecule has 2 aromatic carbocycles. The molecule has 0 radical (unpaired) electrons. The molecule has 15 heteroatoms. The van der Waals surface area contributed by atoms with Crippen LogP contribution >= 0.6 is 0 Å². The van der Waals surface area contributed by atoms with Crippen molar-refractivity contribution < 1.29 is 52.4 Å². The lowest BCUT2D eigenvalue weighted by Gasteiger charge is -2.64. The lowest BCUT2D eigenvalue weighted by atomic mass is 9.47. The second-order valence-electron chi connectivity index (χ2n) is 19.8. The van der Waals surface area contributed by atoms with E-state index >= 15 is 4.79 Å². The number of aliphatic imine (C=N–C) groups is 1. The van der Waals surface area contributed by atoms with Crippen LogP contribution in [0.15, 0.2) is 53.5 Å². The quantitative estimate of drug-likeness (QED) is 0.192. The summed E-state index contributed by atoms with van der Waals surface area (Å²) in [6, 6.07) is 10.8. The van der Waals surface area contributed by atoms with Gasteiger partial charge in [0.25, 0.3) is 5.60 Å². The van der Waals surface area contributed by atoms with E-state index in [0.717, 1.165) is 23.4 Å². The topological polar surface area (TPSA) is 163 Å². The van der Waals surface area contributed by atoms with Gasteiger partial charge in [-0.1, -0.05) is 44.2 Å². The zero-order valence-corrected chi connectivity index (χ0v) is 38.8. The SMILES string of the molecule is CCC12CN3CC(C[C@](C(=O)OC)(c4cc5c(cc4OC)N(C)[C@H]4[C@@](OC(C)=O)(C(=O)OC)[C@H](OC(C)=O)[C@]6(CC)C=CCN7CC[C@]54[C@@H]76)C4=Nc5ccccc5C(C3)[C@@H]41)C2OC(C)=O. The van der Waals surface area contributed by atoms with Crippen LogP contribution in [0.4, 0.5) is 11.4 Å². The van der Waals surface area contributed by atoms with Gasteiger partial charge in [-0.05, 0) is 55.5 Å². The number of nitrogens with zero attached hydrogens (tertiary/aromatic N) is 4. The Labute approximate surface area is 379 Å². The molecule has 13 atom stereocenters. The van der Waals surface area contributed by atoms with Crippen molar-refractivity contribution in [3.63, 3.8) is 0 Å². The smallest absolute Gasteiger partial charge is 0.356 e. The Morgan fingerprint density at radius 1 is 0.862 bits per heavy atom. The Morgan fingerprint density at radius 3 is 2.26 bits per heavy atom. The molecule has 6 heterocycles. The van der Waals surface area contributed by atoms with Crippen molar-refractivity contribution in [3.8, 4) is 5.75 Å². The molecule has 2 saturated carbocycles. The van der Waals surface area contributed by atoms with Crippen LogP contribution in [0.2, 0.25) is 0 Å². The number of rotatable bonds is 9. The maximum atomic E-state index is 15.7. The van der Waals surface area contributed by atoms with Crippen LogP contribution in [0, 0.1) is 22.7 Å². The van der Waals surface area contributed by atoms with E-state index in [1.165, 1.54) is 35.0 Å². The molecular weight excluding hydrogens is 833 g/mol. The summed E-state index contributed by atoms with van der Waals surface area (Å²) in [5, 5.41) is 0. The first-order valence-corrected chi connectivity index (χ1v) is 23.1. The monoisotopic (exact) mass is 892 g/mol. The van der Waals surface area contributed by atoms with Crippen molar-refractivity contribution in [1.82, 2.24) is 9.80 Å². The maximum Gasteiger partial charge on any atom is 0.356 e. The number of piperidine rings is 2. The van der Waals surface area contributed by atoms with E-state index in [-0.39, 0.29) is 36.2 Å². The summed E-state index contributed by atoms with van der Waals surface area (Å²) in [6.07, 6.45) is 4.13. The van der Waals surface area contributed by atoms with Gasteiger partial charge in [-0.3, -0.25) is 29.1 Å². The molecule has 5 unspecified atom stereocenters. The minimum absolute atomic E-state index is 0.0772. The fourth-order valence-corrected chi connectivity index (χ4v) is 15.6. The molecule has 3 saturated heterocycles. The molecule has 346 valence electrons. The number of likely N-dealkylation sites (N-methyl/N-ethyl adjacent to an activating group) is 1. The molecule has 6 aliphatic heterocycles. The largest absolute Gasteiger partial charge is 0.496 e. The van der Waals surface area contributed by atoms with Crippen molar-refractivity contribution in [2.24, 2.45) is 27.7 Å². The highest BCUT2D eigenvalue weighted by molar-refractivity contribution is 6.16. The number of carbonyl (C=O) groups is 5. The highest BCUT2D eigenvalue weighted by atomic mass is 16.6. The van der Waals surface area contributed by atoms with Gasteiger partial charge in [0.1, 0.15) is 17.3 Å². The summed E-state index contributed by atoms with van der Waals surface area (Å²) in [5.74, 6) is -3.37. The second-order valence-corrected chi connectivity index (χ2v) is 19.8. The van der Waals surface area contributed by atoms with Gasteiger partial charge in [-0.25, -0.2) is 4.79 Å². The van der Waals surface area contributed by atoms with E-state index in [0.29, 0.717) is 68.2 Å². The summed E-state index contributed by atoms with van der Waals surface area (Å²) in [5.41, 5.74) is -1.66. The molecule has 8 aliphatic rings. The Kier molecular flexibility index (Phi) is 9.97. The number of ether oxygens (including phenoxy) is 6. The average molecular weight is 893 g/mol. The Balaban J connectivity index is 1.31. The Bertz CT molecular complexity index is 2470. The first kappa shape index (κ1) is 43.6. The maximum absolute atomic E-state index is 15.7. The van der Waals surface area contributed by atoms with E-state index in [9.17, 15) is 19.2 Å². The third kappa shape index (κ3) is 5.36. The fraction of sp³-hybridized carbons (Fsp3) is 0.600. The normalized spacial score (nSPS) is 38.8. The molecule has 2 aliphatic carbocycles. The molecule has 15 nitrogen and oxygen atoms in total. The third-order valence-corrected chi connectivity index (χ3v) is 17.3. The van der Waals surface area contributed by atoms with Crippen LogP contribution in [-0.2, 0) is 58.5 Å². The first-order chi connectivity index (χ1) is 31.1. The van der Waals surface area contributed by atoms with Gasteiger partial charge in [0.05, 0.1) is 33.1 Å². The number of anilines is 1. The fourth-order valence-electron chi connectivity index (χ4n) is 15.6. The summed E-state index contributed by atoms with van der Waals surface area (Å²) in [7, 11) is 6.12. The molecule has 65 heavy (non-hydrogen) atoms. The highest BCUT2D eigenvalue weighted by Crippen LogP contribution is 2.70. The second kappa shape index (κ2) is 14.9. The zero-order chi connectivity index (χ0) is 46.2. The van der Waals surface area contributed by atoms with E-state index in [4.69, 9.17) is 33.4 Å². The predicted molar refractivity (Wildman–Crippen MR) is 237 cm³/mol. The predicted octanol–water partition coefficient (Wildman–Crippen LogP) is 4.79. The lowest BCUT2D eigenvalue weighted by Crippen LogP contribution is -2.82. The van der Waals surface area contributed by atoms with Crippen LogP contribution in [0.3, 0.4) is 0 Å². The number of hydrogen-bond donors (Lipinski definition) is 0. The van der Waals surface area contributed by atoms with Crippen molar-refractivity contribution in [1.29, 1.82) is 0 Å².